The number of nitrogens with one attached hydrogen (secondary N) is 3. The van der Waals surface area contributed by atoms with Gasteiger partial charge < -0.3 is 20.4 Å². The zero-order chi connectivity index (χ0) is 23.3. The van der Waals surface area contributed by atoms with E-state index in [1.165, 1.54) is 18.3 Å². The van der Waals surface area contributed by atoms with E-state index in [1.807, 2.05) is 13.8 Å². The maximum absolute atomic E-state index is 12.8. The van der Waals surface area contributed by atoms with E-state index < -0.39 is 11.9 Å². The highest BCUT2D eigenvalue weighted by Gasteiger charge is 2.26. The van der Waals surface area contributed by atoms with Gasteiger partial charge in [-0.3, -0.25) is 14.4 Å². The molecule has 3 amide bonds. The fourth-order valence-corrected chi connectivity index (χ4v) is 3.77. The van der Waals surface area contributed by atoms with E-state index in [-0.39, 0.29) is 24.3 Å². The first-order chi connectivity index (χ1) is 15.2. The third-order valence-corrected chi connectivity index (χ3v) is 5.60. The summed E-state index contributed by atoms with van der Waals surface area (Å²) in [5.74, 6) is -0.00523. The summed E-state index contributed by atoms with van der Waals surface area (Å²) in [5, 5.41) is 10.6. The number of amides is 3. The van der Waals surface area contributed by atoms with Crippen molar-refractivity contribution in [1.82, 2.24) is 15.6 Å². The molecule has 3 rings (SSSR count). The van der Waals surface area contributed by atoms with Crippen LogP contribution < -0.4 is 16.0 Å². The standard InChI is InChI=1S/C22H23ClN4O4S/c1-12(2)19(26-20(29)15-6-4-5-7-16(15)23)21(30)27-22-25-17(11-32-22)18-9-8-14(31-18)10-24-13(3)28/h4-9,11-12,19H,10H2,1-3H3,(H,24,28)(H,26,29)(H,25,27,30)/t19-/m0/s1. The predicted molar refractivity (Wildman–Crippen MR) is 124 cm³/mol. The van der Waals surface area contributed by atoms with Gasteiger partial charge >= 0.3 is 0 Å². The van der Waals surface area contributed by atoms with Gasteiger partial charge in [-0.15, -0.1) is 11.3 Å². The Labute approximate surface area is 194 Å². The fraction of sp³-hybridized carbons (Fsp3) is 0.273. The molecule has 0 spiro atoms. The smallest absolute Gasteiger partial charge is 0.253 e. The molecule has 168 valence electrons. The lowest BCUT2D eigenvalue weighted by atomic mass is 10.0. The van der Waals surface area contributed by atoms with Gasteiger partial charge in [-0.1, -0.05) is 37.6 Å². The Morgan fingerprint density at radius 3 is 2.59 bits per heavy atom. The molecule has 0 saturated carbocycles. The number of anilines is 1. The maximum Gasteiger partial charge on any atom is 0.253 e. The number of carbonyl (C=O) groups is 3. The van der Waals surface area contributed by atoms with Crippen molar-refractivity contribution in [2.45, 2.75) is 33.4 Å². The number of rotatable bonds is 8. The molecule has 3 N–H and O–H groups in total. The monoisotopic (exact) mass is 474 g/mol. The molecule has 0 aliphatic rings. The third-order valence-electron chi connectivity index (χ3n) is 4.51. The van der Waals surface area contributed by atoms with Crippen LogP contribution in [0, 0.1) is 5.92 Å². The van der Waals surface area contributed by atoms with Crippen LogP contribution in [0.15, 0.2) is 46.2 Å². The second kappa shape index (κ2) is 10.4. The van der Waals surface area contributed by atoms with E-state index in [0.717, 1.165) is 0 Å². The molecule has 1 aromatic carbocycles. The van der Waals surface area contributed by atoms with Gasteiger partial charge in [-0.05, 0) is 30.2 Å². The summed E-state index contributed by atoms with van der Waals surface area (Å²) < 4.78 is 5.68. The Balaban J connectivity index is 1.66. The number of hydrogen-bond donors (Lipinski definition) is 3. The Morgan fingerprint density at radius 2 is 1.91 bits per heavy atom. The van der Waals surface area contributed by atoms with Crippen LogP contribution in [-0.4, -0.2) is 28.7 Å². The third kappa shape index (κ3) is 5.95. The van der Waals surface area contributed by atoms with E-state index in [0.29, 0.717) is 32.9 Å². The molecule has 0 saturated heterocycles. The fourth-order valence-electron chi connectivity index (χ4n) is 2.85. The molecule has 0 radical (unpaired) electrons. The molecule has 8 nitrogen and oxygen atoms in total. The van der Waals surface area contributed by atoms with E-state index in [2.05, 4.69) is 20.9 Å². The number of furan rings is 1. The van der Waals surface area contributed by atoms with Gasteiger partial charge in [0.15, 0.2) is 10.9 Å². The van der Waals surface area contributed by atoms with E-state index in [9.17, 15) is 14.4 Å². The lowest BCUT2D eigenvalue weighted by Gasteiger charge is -2.21. The summed E-state index contributed by atoms with van der Waals surface area (Å²) in [6, 6.07) is 9.38. The number of nitrogens with zero attached hydrogens (tertiary/aromatic N) is 1. The zero-order valence-corrected chi connectivity index (χ0v) is 19.3. The highest BCUT2D eigenvalue weighted by molar-refractivity contribution is 7.14. The second-order valence-electron chi connectivity index (χ2n) is 7.38. The molecule has 0 fully saturated rings. The average Bonchev–Trinajstić information content (AvgIpc) is 3.39. The Morgan fingerprint density at radius 1 is 1.16 bits per heavy atom. The zero-order valence-electron chi connectivity index (χ0n) is 17.8. The van der Waals surface area contributed by atoms with E-state index >= 15 is 0 Å². The summed E-state index contributed by atoms with van der Waals surface area (Å²) in [5.41, 5.74) is 0.859. The van der Waals surface area contributed by atoms with Crippen LogP contribution in [-0.2, 0) is 16.1 Å². The van der Waals surface area contributed by atoms with E-state index in [1.54, 1.807) is 41.8 Å². The first-order valence-corrected chi connectivity index (χ1v) is 11.2. The molecule has 32 heavy (non-hydrogen) atoms. The SMILES string of the molecule is CC(=O)NCc1ccc(-c2csc(NC(=O)[C@@H](NC(=O)c3ccccc3Cl)C(C)C)n2)o1. The number of benzene rings is 1. The Hall–Kier alpha value is -3.17. The quantitative estimate of drug-likeness (QED) is 0.455. The van der Waals surface area contributed by atoms with Crippen LogP contribution in [0.4, 0.5) is 5.13 Å². The van der Waals surface area contributed by atoms with Crippen LogP contribution in [0.25, 0.3) is 11.5 Å². The molecule has 0 aliphatic carbocycles. The lowest BCUT2D eigenvalue weighted by Crippen LogP contribution is -2.47. The highest BCUT2D eigenvalue weighted by atomic mass is 35.5. The normalized spacial score (nSPS) is 11.8. The minimum atomic E-state index is -0.779. The molecule has 2 aromatic heterocycles. The summed E-state index contributed by atoms with van der Waals surface area (Å²) in [6.45, 7) is 5.39. The Kier molecular flexibility index (Phi) is 7.66. The molecular weight excluding hydrogens is 452 g/mol. The van der Waals surface area contributed by atoms with Crippen molar-refractivity contribution in [3.05, 3.63) is 58.1 Å². The van der Waals surface area contributed by atoms with Crippen LogP contribution >= 0.6 is 22.9 Å². The highest BCUT2D eigenvalue weighted by Crippen LogP contribution is 2.27. The van der Waals surface area contributed by atoms with Gasteiger partial charge in [0.2, 0.25) is 11.8 Å². The van der Waals surface area contributed by atoms with Crippen LogP contribution in [0.5, 0.6) is 0 Å². The van der Waals surface area contributed by atoms with Crippen LogP contribution in [0.1, 0.15) is 36.9 Å². The molecule has 3 aromatic rings. The van der Waals surface area contributed by atoms with Crippen molar-refractivity contribution < 1.29 is 18.8 Å². The number of halogens is 1. The summed E-state index contributed by atoms with van der Waals surface area (Å²) in [7, 11) is 0. The molecular formula is C22H23ClN4O4S. The number of aromatic nitrogens is 1. The molecule has 2 heterocycles. The largest absolute Gasteiger partial charge is 0.458 e. The van der Waals surface area contributed by atoms with E-state index in [4.69, 9.17) is 16.0 Å². The lowest BCUT2D eigenvalue weighted by molar-refractivity contribution is -0.119. The average molecular weight is 475 g/mol. The maximum atomic E-state index is 12.8. The minimum absolute atomic E-state index is 0.150. The predicted octanol–water partition coefficient (Wildman–Crippen LogP) is 4.09. The first-order valence-electron chi connectivity index (χ1n) is 9.90. The van der Waals surface area contributed by atoms with Gasteiger partial charge in [0.25, 0.3) is 5.91 Å². The summed E-state index contributed by atoms with van der Waals surface area (Å²) in [6.07, 6.45) is 0. The van der Waals surface area contributed by atoms with Gasteiger partial charge in [0.05, 0.1) is 17.1 Å². The van der Waals surface area contributed by atoms with Crippen molar-refractivity contribution in [2.24, 2.45) is 5.92 Å². The Bertz CT molecular complexity index is 1120. The molecule has 0 bridgehead atoms. The second-order valence-corrected chi connectivity index (χ2v) is 8.64. The van der Waals surface area contributed by atoms with Gasteiger partial charge in [-0.25, -0.2) is 4.98 Å². The van der Waals surface area contributed by atoms with Crippen molar-refractivity contribution in [3.63, 3.8) is 0 Å². The summed E-state index contributed by atoms with van der Waals surface area (Å²) >= 11 is 7.33. The van der Waals surface area contributed by atoms with Crippen molar-refractivity contribution in [3.8, 4) is 11.5 Å². The number of thiazole rings is 1. The van der Waals surface area contributed by atoms with Crippen molar-refractivity contribution in [2.75, 3.05) is 5.32 Å². The molecule has 0 unspecified atom stereocenters. The van der Waals surface area contributed by atoms with Crippen molar-refractivity contribution >= 4 is 45.8 Å². The van der Waals surface area contributed by atoms with Crippen LogP contribution in [0.2, 0.25) is 5.02 Å². The minimum Gasteiger partial charge on any atom is -0.458 e. The topological polar surface area (TPSA) is 113 Å². The summed E-state index contributed by atoms with van der Waals surface area (Å²) in [4.78, 5) is 40.9. The van der Waals surface area contributed by atoms with Gasteiger partial charge in [-0.2, -0.15) is 0 Å². The number of carbonyl (C=O) groups excluding carboxylic acids is 3. The molecule has 0 aliphatic heterocycles. The number of hydrogen-bond acceptors (Lipinski definition) is 6. The van der Waals surface area contributed by atoms with Crippen molar-refractivity contribution in [1.29, 1.82) is 0 Å². The van der Waals surface area contributed by atoms with Gasteiger partial charge in [0.1, 0.15) is 17.5 Å². The molecule has 1 atom stereocenters. The first kappa shape index (κ1) is 23.5. The van der Waals surface area contributed by atoms with Crippen LogP contribution in [0.3, 0.4) is 0 Å². The van der Waals surface area contributed by atoms with Gasteiger partial charge in [0, 0.05) is 12.3 Å². The molecule has 10 heteroatoms.